The molecule has 2 rings (SSSR count). The molecular formula is C18H24N2S2. The number of nitrogens with one attached hydrogen (secondary N) is 2. The topological polar surface area (TPSA) is 24.1 Å². The molecule has 0 fully saturated rings. The molecule has 4 heteroatoms. The average molecular weight is 333 g/mol. The van der Waals surface area contributed by atoms with Crippen LogP contribution in [0.1, 0.15) is 49.7 Å². The van der Waals surface area contributed by atoms with Crippen molar-refractivity contribution in [2.24, 2.45) is 0 Å². The van der Waals surface area contributed by atoms with Crippen LogP contribution in [0.25, 0.3) is 0 Å². The largest absolute Gasteiger partial charge is 0.359 e. The van der Waals surface area contributed by atoms with Crippen molar-refractivity contribution < 1.29 is 0 Å². The highest BCUT2D eigenvalue weighted by Crippen LogP contribution is 2.22. The standard InChI is InChI=1S/C18H24N2S2/c1-13(16-6-5-11-22-16)20-17(21)19-12-14-7-9-15(10-8-14)18(2,3)4/h5-11,13H,12H2,1-4H3,(H2,19,20,21). The SMILES string of the molecule is CC(NC(=S)NCc1ccc(C(C)(C)C)cc1)c1cccs1. The fourth-order valence-corrected chi connectivity index (χ4v) is 3.14. The third-order valence-electron chi connectivity index (χ3n) is 3.59. The number of benzene rings is 1. The van der Waals surface area contributed by atoms with Gasteiger partial charge in [-0.2, -0.15) is 0 Å². The van der Waals surface area contributed by atoms with Crippen molar-refractivity contribution in [1.82, 2.24) is 10.6 Å². The molecule has 0 amide bonds. The van der Waals surface area contributed by atoms with Crippen LogP contribution in [0.3, 0.4) is 0 Å². The van der Waals surface area contributed by atoms with Crippen molar-refractivity contribution in [2.45, 2.75) is 45.7 Å². The highest BCUT2D eigenvalue weighted by Gasteiger charge is 2.13. The highest BCUT2D eigenvalue weighted by atomic mass is 32.1. The van der Waals surface area contributed by atoms with E-state index >= 15 is 0 Å². The maximum atomic E-state index is 5.37. The number of thiophene rings is 1. The number of hydrogen-bond acceptors (Lipinski definition) is 2. The lowest BCUT2D eigenvalue weighted by molar-refractivity contribution is 0.590. The van der Waals surface area contributed by atoms with Gasteiger partial charge in [0.2, 0.25) is 0 Å². The first-order valence-corrected chi connectivity index (χ1v) is 8.82. The minimum atomic E-state index is 0.193. The van der Waals surface area contributed by atoms with Crippen molar-refractivity contribution in [3.8, 4) is 0 Å². The van der Waals surface area contributed by atoms with E-state index in [9.17, 15) is 0 Å². The van der Waals surface area contributed by atoms with Crippen LogP contribution in [0.15, 0.2) is 41.8 Å². The Bertz CT molecular complexity index is 595. The molecule has 22 heavy (non-hydrogen) atoms. The third kappa shape index (κ3) is 4.82. The van der Waals surface area contributed by atoms with E-state index < -0.39 is 0 Å². The van der Waals surface area contributed by atoms with Crippen LogP contribution in [-0.2, 0) is 12.0 Å². The number of hydrogen-bond donors (Lipinski definition) is 2. The molecule has 0 bridgehead atoms. The van der Waals surface area contributed by atoms with Crippen molar-refractivity contribution in [3.63, 3.8) is 0 Å². The van der Waals surface area contributed by atoms with E-state index in [2.05, 4.69) is 80.1 Å². The zero-order valence-corrected chi connectivity index (χ0v) is 15.3. The Labute approximate surface area is 143 Å². The summed E-state index contributed by atoms with van der Waals surface area (Å²) in [6.07, 6.45) is 0. The molecule has 1 aromatic carbocycles. The molecule has 1 unspecified atom stereocenters. The van der Waals surface area contributed by atoms with E-state index in [4.69, 9.17) is 12.2 Å². The highest BCUT2D eigenvalue weighted by molar-refractivity contribution is 7.80. The Balaban J connectivity index is 1.83. The first-order valence-electron chi connectivity index (χ1n) is 7.53. The Morgan fingerprint density at radius 2 is 1.86 bits per heavy atom. The molecule has 2 aromatic rings. The van der Waals surface area contributed by atoms with Crippen LogP contribution in [0.4, 0.5) is 0 Å². The molecule has 1 heterocycles. The molecular weight excluding hydrogens is 308 g/mol. The summed E-state index contributed by atoms with van der Waals surface area (Å²) in [6, 6.07) is 13.1. The van der Waals surface area contributed by atoms with Gasteiger partial charge < -0.3 is 10.6 Å². The van der Waals surface area contributed by atoms with Gasteiger partial charge in [-0.25, -0.2) is 0 Å². The quantitative estimate of drug-likeness (QED) is 0.789. The van der Waals surface area contributed by atoms with Crippen LogP contribution >= 0.6 is 23.6 Å². The fraction of sp³-hybridized carbons (Fsp3) is 0.389. The summed E-state index contributed by atoms with van der Waals surface area (Å²) in [7, 11) is 0. The Morgan fingerprint density at radius 1 is 1.18 bits per heavy atom. The predicted octanol–water partition coefficient (Wildman–Crippen LogP) is 4.77. The van der Waals surface area contributed by atoms with Gasteiger partial charge >= 0.3 is 0 Å². The number of rotatable bonds is 4. The Hall–Kier alpha value is -1.39. The first kappa shape index (κ1) is 17.0. The lowest BCUT2D eigenvalue weighted by atomic mass is 9.87. The predicted molar refractivity (Wildman–Crippen MR) is 100 cm³/mol. The normalized spacial score (nSPS) is 12.7. The van der Waals surface area contributed by atoms with E-state index in [1.165, 1.54) is 16.0 Å². The van der Waals surface area contributed by atoms with Gasteiger partial charge in [-0.05, 0) is 47.1 Å². The summed E-state index contributed by atoms with van der Waals surface area (Å²) >= 11 is 7.11. The van der Waals surface area contributed by atoms with Crippen LogP contribution in [0.2, 0.25) is 0 Å². The van der Waals surface area contributed by atoms with Gasteiger partial charge in [-0.15, -0.1) is 11.3 Å². The number of thiocarbonyl (C=S) groups is 1. The van der Waals surface area contributed by atoms with Crippen LogP contribution in [0, 0.1) is 0 Å². The van der Waals surface area contributed by atoms with E-state index in [1.807, 2.05) is 0 Å². The van der Waals surface area contributed by atoms with Crippen LogP contribution in [-0.4, -0.2) is 5.11 Å². The van der Waals surface area contributed by atoms with Crippen LogP contribution < -0.4 is 10.6 Å². The third-order valence-corrected chi connectivity index (χ3v) is 4.91. The summed E-state index contributed by atoms with van der Waals surface area (Å²) in [5, 5.41) is 9.37. The van der Waals surface area contributed by atoms with Gasteiger partial charge in [0.1, 0.15) is 0 Å². The van der Waals surface area contributed by atoms with Crippen molar-refractivity contribution in [3.05, 3.63) is 57.8 Å². The molecule has 2 N–H and O–H groups in total. The van der Waals surface area contributed by atoms with Gasteiger partial charge in [-0.1, -0.05) is 51.1 Å². The molecule has 0 radical (unpaired) electrons. The maximum Gasteiger partial charge on any atom is 0.167 e. The molecule has 118 valence electrons. The maximum absolute atomic E-state index is 5.37. The smallest absolute Gasteiger partial charge is 0.167 e. The van der Waals surface area contributed by atoms with Crippen molar-refractivity contribution in [2.75, 3.05) is 0 Å². The minimum Gasteiger partial charge on any atom is -0.359 e. The van der Waals surface area contributed by atoms with E-state index in [0.29, 0.717) is 5.11 Å². The summed E-state index contributed by atoms with van der Waals surface area (Å²) in [5.74, 6) is 0. The molecule has 0 aliphatic heterocycles. The van der Waals surface area contributed by atoms with Gasteiger partial charge in [0.05, 0.1) is 6.04 Å². The molecule has 1 atom stereocenters. The van der Waals surface area contributed by atoms with Crippen LogP contribution in [0.5, 0.6) is 0 Å². The van der Waals surface area contributed by atoms with Gasteiger partial charge in [0.15, 0.2) is 5.11 Å². The molecule has 0 aliphatic carbocycles. The molecule has 0 saturated carbocycles. The zero-order valence-electron chi connectivity index (χ0n) is 13.6. The van der Waals surface area contributed by atoms with Gasteiger partial charge in [0.25, 0.3) is 0 Å². The second-order valence-electron chi connectivity index (χ2n) is 6.51. The van der Waals surface area contributed by atoms with E-state index in [1.54, 1.807) is 11.3 Å². The fourth-order valence-electron chi connectivity index (χ4n) is 2.16. The first-order chi connectivity index (χ1) is 10.4. The van der Waals surface area contributed by atoms with Crippen molar-refractivity contribution >= 4 is 28.7 Å². The van der Waals surface area contributed by atoms with Crippen molar-refractivity contribution in [1.29, 1.82) is 0 Å². The molecule has 0 saturated heterocycles. The lowest BCUT2D eigenvalue weighted by Gasteiger charge is -2.19. The Morgan fingerprint density at radius 3 is 2.41 bits per heavy atom. The second kappa shape index (κ2) is 7.25. The van der Waals surface area contributed by atoms with Gasteiger partial charge in [0, 0.05) is 11.4 Å². The summed E-state index contributed by atoms with van der Waals surface area (Å²) < 4.78 is 0. The summed E-state index contributed by atoms with van der Waals surface area (Å²) in [5.41, 5.74) is 2.78. The monoisotopic (exact) mass is 332 g/mol. The molecule has 0 aliphatic rings. The minimum absolute atomic E-state index is 0.193. The zero-order chi connectivity index (χ0) is 16.2. The second-order valence-corrected chi connectivity index (χ2v) is 7.90. The van der Waals surface area contributed by atoms with E-state index in [-0.39, 0.29) is 11.5 Å². The lowest BCUT2D eigenvalue weighted by Crippen LogP contribution is -2.36. The molecule has 0 spiro atoms. The van der Waals surface area contributed by atoms with E-state index in [0.717, 1.165) is 6.54 Å². The molecule has 1 aromatic heterocycles. The average Bonchev–Trinajstić information content (AvgIpc) is 2.99. The Kier molecular flexibility index (Phi) is 5.59. The molecule has 2 nitrogen and oxygen atoms in total. The van der Waals surface area contributed by atoms with Gasteiger partial charge in [-0.3, -0.25) is 0 Å². The summed E-state index contributed by atoms with van der Waals surface area (Å²) in [6.45, 7) is 9.55. The summed E-state index contributed by atoms with van der Waals surface area (Å²) in [4.78, 5) is 1.29.